The molecule has 1 aromatic carbocycles. The number of benzene rings is 1. The lowest BCUT2D eigenvalue weighted by molar-refractivity contribution is -0.169. The van der Waals surface area contributed by atoms with E-state index in [-0.39, 0.29) is 16.7 Å². The number of nitriles is 1. The van der Waals surface area contributed by atoms with Crippen LogP contribution in [0.15, 0.2) is 59.0 Å². The molecule has 10 nitrogen and oxygen atoms in total. The number of methoxy groups -OCH3 is 1. The molecule has 1 amide bonds. The van der Waals surface area contributed by atoms with E-state index < -0.39 is 11.7 Å². The summed E-state index contributed by atoms with van der Waals surface area (Å²) in [6, 6.07) is 13.9. The zero-order valence-electron chi connectivity index (χ0n) is 19.8. The normalized spacial score (nSPS) is 17.2. The van der Waals surface area contributed by atoms with E-state index in [9.17, 15) is 14.9 Å². The minimum absolute atomic E-state index is 0.171. The molecule has 2 fully saturated rings. The van der Waals surface area contributed by atoms with Crippen LogP contribution in [0.5, 0.6) is 5.75 Å². The van der Waals surface area contributed by atoms with Gasteiger partial charge in [-0.3, -0.25) is 14.0 Å². The third-order valence-corrected chi connectivity index (χ3v) is 6.39. The first-order valence-electron chi connectivity index (χ1n) is 11.6. The number of rotatable bonds is 5. The average Bonchev–Trinajstić information content (AvgIpc) is 3.37. The highest BCUT2D eigenvalue weighted by atomic mass is 16.7. The molecule has 5 rings (SSSR count). The van der Waals surface area contributed by atoms with Crippen LogP contribution in [-0.4, -0.2) is 54.5 Å². The highest BCUT2D eigenvalue weighted by Gasteiger charge is 2.40. The fourth-order valence-corrected chi connectivity index (χ4v) is 4.47. The minimum Gasteiger partial charge on any atom is -0.497 e. The van der Waals surface area contributed by atoms with Crippen molar-refractivity contribution in [1.29, 1.82) is 5.26 Å². The third kappa shape index (κ3) is 4.54. The Morgan fingerprint density at radius 3 is 2.56 bits per heavy atom. The van der Waals surface area contributed by atoms with Crippen LogP contribution >= 0.6 is 0 Å². The van der Waals surface area contributed by atoms with Crippen LogP contribution < -0.4 is 20.5 Å². The molecule has 1 N–H and O–H groups in total. The van der Waals surface area contributed by atoms with E-state index >= 15 is 0 Å². The second kappa shape index (κ2) is 9.81. The molecular formula is C26H25N5O5. The van der Waals surface area contributed by atoms with E-state index in [1.54, 1.807) is 55.8 Å². The fraction of sp³-hybridized carbons (Fsp3) is 0.308. The molecule has 2 aliphatic heterocycles. The van der Waals surface area contributed by atoms with Crippen molar-refractivity contribution in [3.8, 4) is 11.8 Å². The Labute approximate surface area is 207 Å². The zero-order chi connectivity index (χ0) is 25.1. The van der Waals surface area contributed by atoms with Gasteiger partial charge in [-0.25, -0.2) is 4.98 Å². The van der Waals surface area contributed by atoms with Gasteiger partial charge < -0.3 is 24.4 Å². The number of anilines is 2. The number of hydrogen-bond donors (Lipinski definition) is 1. The van der Waals surface area contributed by atoms with E-state index in [0.717, 1.165) is 0 Å². The number of amides is 1. The molecule has 36 heavy (non-hydrogen) atoms. The first-order chi connectivity index (χ1) is 17.5. The van der Waals surface area contributed by atoms with Crippen molar-refractivity contribution < 1.29 is 19.0 Å². The predicted molar refractivity (Wildman–Crippen MR) is 133 cm³/mol. The van der Waals surface area contributed by atoms with Crippen LogP contribution in [0.2, 0.25) is 0 Å². The molecule has 0 radical (unpaired) electrons. The van der Waals surface area contributed by atoms with Crippen molar-refractivity contribution in [3.05, 3.63) is 70.2 Å². The van der Waals surface area contributed by atoms with Crippen LogP contribution in [0, 0.1) is 11.3 Å². The summed E-state index contributed by atoms with van der Waals surface area (Å²) in [5, 5.41) is 12.5. The minimum atomic E-state index is -0.628. The summed E-state index contributed by atoms with van der Waals surface area (Å²) in [6.45, 7) is 2.24. The maximum atomic E-state index is 13.5. The summed E-state index contributed by atoms with van der Waals surface area (Å²) in [5.41, 5.74) is 0.564. The molecule has 0 atom stereocenters. The zero-order valence-corrected chi connectivity index (χ0v) is 19.8. The summed E-state index contributed by atoms with van der Waals surface area (Å²) >= 11 is 0. The standard InChI is InChI=1S/C26H25N5O5/c1-34-20-7-5-19(6-8-20)28-24(32)18(17-27)16-21-23(29-22-4-2-3-11-31(22)25(21)33)30-12-9-26(10-13-30)35-14-15-36-26/h2-8,11,16H,9-10,12-15H2,1H3,(H,28,32)/b18-16-. The van der Waals surface area contributed by atoms with E-state index in [4.69, 9.17) is 19.2 Å². The van der Waals surface area contributed by atoms with Gasteiger partial charge in [0.15, 0.2) is 5.79 Å². The van der Waals surface area contributed by atoms with Gasteiger partial charge in [0.2, 0.25) is 0 Å². The van der Waals surface area contributed by atoms with E-state index in [1.165, 1.54) is 10.5 Å². The van der Waals surface area contributed by atoms with Crippen LogP contribution in [0.3, 0.4) is 0 Å². The monoisotopic (exact) mass is 487 g/mol. The number of carbonyl (C=O) groups is 1. The molecule has 10 heteroatoms. The van der Waals surface area contributed by atoms with Crippen molar-refractivity contribution in [2.45, 2.75) is 18.6 Å². The van der Waals surface area contributed by atoms with Crippen molar-refractivity contribution >= 4 is 29.1 Å². The Morgan fingerprint density at radius 1 is 1.17 bits per heavy atom. The van der Waals surface area contributed by atoms with E-state index in [0.29, 0.717) is 62.0 Å². The Hall–Kier alpha value is -4.20. The average molecular weight is 488 g/mol. The second-order valence-corrected chi connectivity index (χ2v) is 8.53. The quantitative estimate of drug-likeness (QED) is 0.431. The maximum absolute atomic E-state index is 13.5. The number of aromatic nitrogens is 2. The smallest absolute Gasteiger partial charge is 0.267 e. The van der Waals surface area contributed by atoms with Gasteiger partial charge >= 0.3 is 0 Å². The topological polar surface area (TPSA) is 118 Å². The highest BCUT2D eigenvalue weighted by molar-refractivity contribution is 6.10. The van der Waals surface area contributed by atoms with Gasteiger partial charge in [-0.1, -0.05) is 6.07 Å². The van der Waals surface area contributed by atoms with Gasteiger partial charge in [0.25, 0.3) is 11.5 Å². The van der Waals surface area contributed by atoms with E-state index in [2.05, 4.69) is 5.32 Å². The first kappa shape index (κ1) is 23.5. The van der Waals surface area contributed by atoms with Crippen molar-refractivity contribution in [2.24, 2.45) is 0 Å². The van der Waals surface area contributed by atoms with Gasteiger partial charge in [0.1, 0.15) is 28.9 Å². The van der Waals surface area contributed by atoms with Crippen LogP contribution in [0.4, 0.5) is 11.5 Å². The molecule has 184 valence electrons. The second-order valence-electron chi connectivity index (χ2n) is 8.53. The molecule has 2 aromatic heterocycles. The molecule has 4 heterocycles. The molecule has 0 unspecified atom stereocenters. The number of pyridine rings is 1. The molecule has 2 aliphatic rings. The number of nitrogens with one attached hydrogen (secondary N) is 1. The van der Waals surface area contributed by atoms with Gasteiger partial charge in [0, 0.05) is 37.8 Å². The molecule has 3 aromatic rings. The van der Waals surface area contributed by atoms with Crippen molar-refractivity contribution in [3.63, 3.8) is 0 Å². The van der Waals surface area contributed by atoms with Gasteiger partial charge in [-0.15, -0.1) is 0 Å². The van der Waals surface area contributed by atoms with Crippen molar-refractivity contribution in [2.75, 3.05) is 43.6 Å². The molecule has 0 bridgehead atoms. The van der Waals surface area contributed by atoms with Crippen molar-refractivity contribution in [1.82, 2.24) is 9.38 Å². The number of fused-ring (bicyclic) bond motifs is 1. The summed E-state index contributed by atoms with van der Waals surface area (Å²) in [7, 11) is 1.55. The SMILES string of the molecule is COc1ccc(NC(=O)/C(C#N)=C\c2c(N3CCC4(CC3)OCCO4)nc3ccccn3c2=O)cc1. The molecule has 1 spiro atoms. The molecule has 0 aliphatic carbocycles. The lowest BCUT2D eigenvalue weighted by Crippen LogP contribution is -2.46. The van der Waals surface area contributed by atoms with Gasteiger partial charge in [-0.2, -0.15) is 5.26 Å². The Kier molecular flexibility index (Phi) is 6.41. The lowest BCUT2D eigenvalue weighted by Gasteiger charge is -2.38. The van der Waals surface area contributed by atoms with E-state index in [1.807, 2.05) is 11.0 Å². The molecule has 0 saturated carbocycles. The van der Waals surface area contributed by atoms with Crippen LogP contribution in [-0.2, 0) is 14.3 Å². The third-order valence-electron chi connectivity index (χ3n) is 6.39. The summed E-state index contributed by atoms with van der Waals surface area (Å²) in [4.78, 5) is 33.1. The molecule has 2 saturated heterocycles. The maximum Gasteiger partial charge on any atom is 0.267 e. The Balaban J connectivity index is 1.50. The van der Waals surface area contributed by atoms with Crippen LogP contribution in [0.25, 0.3) is 11.7 Å². The summed E-state index contributed by atoms with van der Waals surface area (Å²) < 4.78 is 18.2. The van der Waals surface area contributed by atoms with Gasteiger partial charge in [0.05, 0.1) is 25.9 Å². The molecular weight excluding hydrogens is 462 g/mol. The number of hydrogen-bond acceptors (Lipinski definition) is 8. The number of ether oxygens (including phenoxy) is 3. The highest BCUT2D eigenvalue weighted by Crippen LogP contribution is 2.33. The summed E-state index contributed by atoms with van der Waals surface area (Å²) in [5.74, 6) is -0.157. The predicted octanol–water partition coefficient (Wildman–Crippen LogP) is 2.59. The van der Waals surface area contributed by atoms with Gasteiger partial charge in [-0.05, 0) is 42.5 Å². The fourth-order valence-electron chi connectivity index (χ4n) is 4.47. The van der Waals surface area contributed by atoms with Crippen LogP contribution in [0.1, 0.15) is 18.4 Å². The number of carbonyl (C=O) groups excluding carboxylic acids is 1. The lowest BCUT2D eigenvalue weighted by atomic mass is 10.0. The first-order valence-corrected chi connectivity index (χ1v) is 11.6. The Bertz CT molecular complexity index is 1410. The number of piperidine rings is 1. The largest absolute Gasteiger partial charge is 0.497 e. The number of nitrogens with zero attached hydrogens (tertiary/aromatic N) is 4. The summed E-state index contributed by atoms with van der Waals surface area (Å²) in [6.07, 6.45) is 4.17. The Morgan fingerprint density at radius 2 is 1.89 bits per heavy atom.